The van der Waals surface area contributed by atoms with E-state index >= 15 is 0 Å². The number of rotatable bonds is 2. The molecule has 0 saturated carbocycles. The van der Waals surface area contributed by atoms with E-state index in [4.69, 9.17) is 28.6 Å². The molecule has 1 amide bonds. The van der Waals surface area contributed by atoms with Gasteiger partial charge in [-0.2, -0.15) is 4.36 Å². The maximum absolute atomic E-state index is 12.6. The average Bonchev–Trinajstić information content (AvgIpc) is 2.47. The lowest BCUT2D eigenvalue weighted by atomic mass is 10.3. The predicted molar refractivity (Wildman–Crippen MR) is 94.4 cm³/mol. The van der Waals surface area contributed by atoms with E-state index in [2.05, 4.69) is 9.68 Å². The molecule has 0 aliphatic carbocycles. The van der Waals surface area contributed by atoms with Crippen LogP contribution < -0.4 is 10.1 Å². The fourth-order valence-electron chi connectivity index (χ4n) is 1.63. The van der Waals surface area contributed by atoms with Crippen LogP contribution in [-0.4, -0.2) is 21.7 Å². The Kier molecular flexibility index (Phi) is 5.70. The number of hydrogen-bond acceptors (Lipinski definition) is 4. The zero-order chi connectivity index (χ0) is 16.9. The molecule has 1 atom stereocenters. The molecular formula is C15H13ClN2O3S2. The lowest BCUT2D eigenvalue weighted by molar-refractivity contribution is 0.206. The second kappa shape index (κ2) is 7.54. The van der Waals surface area contributed by atoms with Gasteiger partial charge in [0.2, 0.25) is 5.11 Å². The van der Waals surface area contributed by atoms with Crippen molar-refractivity contribution >= 4 is 44.8 Å². The summed E-state index contributed by atoms with van der Waals surface area (Å²) in [5.41, 5.74) is 0. The van der Waals surface area contributed by atoms with Gasteiger partial charge < -0.3 is 4.74 Å². The molecule has 1 unspecified atom stereocenters. The number of nitrogens with zero attached hydrogens (tertiary/aromatic N) is 1. The van der Waals surface area contributed by atoms with Crippen molar-refractivity contribution in [3.8, 4) is 5.75 Å². The quantitative estimate of drug-likeness (QED) is 0.817. The summed E-state index contributed by atoms with van der Waals surface area (Å²) in [5.74, 6) is 0.364. The van der Waals surface area contributed by atoms with E-state index in [0.717, 1.165) is 0 Å². The molecule has 2 aromatic carbocycles. The van der Waals surface area contributed by atoms with Crippen LogP contribution in [-0.2, 0) is 9.73 Å². The number of benzene rings is 2. The van der Waals surface area contributed by atoms with Gasteiger partial charge in [0.1, 0.15) is 5.75 Å². The van der Waals surface area contributed by atoms with E-state index in [1.807, 2.05) is 0 Å². The highest BCUT2D eigenvalue weighted by atomic mass is 35.5. The third kappa shape index (κ3) is 5.31. The van der Waals surface area contributed by atoms with Crippen molar-refractivity contribution in [1.29, 1.82) is 0 Å². The number of thiocarbonyl (C=S) groups is 1. The fraction of sp³-hybridized carbons (Fsp3) is 0.0667. The zero-order valence-corrected chi connectivity index (χ0v) is 14.5. The second-order valence-corrected chi connectivity index (χ2v) is 7.56. The number of para-hydroxylation sites is 1. The summed E-state index contributed by atoms with van der Waals surface area (Å²) in [6, 6.07) is 14.9. The monoisotopic (exact) mass is 368 g/mol. The van der Waals surface area contributed by atoms with Gasteiger partial charge in [-0.1, -0.05) is 29.8 Å². The van der Waals surface area contributed by atoms with Crippen molar-refractivity contribution in [2.45, 2.75) is 4.90 Å². The molecule has 120 valence electrons. The van der Waals surface area contributed by atoms with E-state index < -0.39 is 15.8 Å². The number of ether oxygens (including phenoxy) is 1. The molecule has 0 aromatic heterocycles. The minimum absolute atomic E-state index is 0.214. The van der Waals surface area contributed by atoms with Gasteiger partial charge >= 0.3 is 6.09 Å². The first-order chi connectivity index (χ1) is 10.9. The normalized spacial score (nSPS) is 12.8. The van der Waals surface area contributed by atoms with Crippen molar-refractivity contribution in [1.82, 2.24) is 5.32 Å². The first-order valence-corrected chi connectivity index (χ1v) is 9.13. The van der Waals surface area contributed by atoms with Gasteiger partial charge in [-0.05, 0) is 48.6 Å². The molecule has 0 heterocycles. The highest BCUT2D eigenvalue weighted by molar-refractivity contribution is 7.94. The minimum atomic E-state index is -2.79. The summed E-state index contributed by atoms with van der Waals surface area (Å²) in [7, 11) is -2.79. The molecule has 0 fully saturated rings. The van der Waals surface area contributed by atoms with Crippen LogP contribution in [0.4, 0.5) is 4.79 Å². The fourth-order valence-corrected chi connectivity index (χ4v) is 3.37. The number of amides is 1. The van der Waals surface area contributed by atoms with Crippen LogP contribution in [0.3, 0.4) is 0 Å². The Balaban J connectivity index is 2.06. The third-order valence-electron chi connectivity index (χ3n) is 2.67. The van der Waals surface area contributed by atoms with Crippen LogP contribution in [0.15, 0.2) is 63.9 Å². The summed E-state index contributed by atoms with van der Waals surface area (Å²) in [6.07, 6.45) is 0.628. The van der Waals surface area contributed by atoms with Crippen LogP contribution in [0, 0.1) is 0 Å². The molecule has 0 radical (unpaired) electrons. The van der Waals surface area contributed by atoms with Crippen molar-refractivity contribution < 1.29 is 13.7 Å². The summed E-state index contributed by atoms with van der Waals surface area (Å²) in [5, 5.41) is 2.57. The Morgan fingerprint density at radius 2 is 1.78 bits per heavy atom. The van der Waals surface area contributed by atoms with Gasteiger partial charge in [-0.25, -0.2) is 9.00 Å². The number of halogens is 1. The lowest BCUT2D eigenvalue weighted by Crippen LogP contribution is -2.31. The first-order valence-electron chi connectivity index (χ1n) is 6.42. The molecule has 0 aliphatic heterocycles. The Labute approximate surface area is 144 Å². The van der Waals surface area contributed by atoms with Crippen molar-refractivity contribution in [2.24, 2.45) is 4.36 Å². The molecule has 1 N–H and O–H groups in total. The standard InChI is InChI=1S/C15H13ClN2O3S2/c1-23(20,13-9-7-11(16)8-10-13)18-14(22)17-15(19)21-12-5-3-2-4-6-12/h2-10H,1H3,(H,17,19,22). The van der Waals surface area contributed by atoms with Gasteiger partial charge in [0, 0.05) is 16.2 Å². The molecule has 23 heavy (non-hydrogen) atoms. The zero-order valence-electron chi connectivity index (χ0n) is 12.1. The molecule has 0 aliphatic rings. The van der Waals surface area contributed by atoms with Crippen LogP contribution >= 0.6 is 23.8 Å². The van der Waals surface area contributed by atoms with Crippen molar-refractivity contribution in [2.75, 3.05) is 6.26 Å². The Bertz CT molecular complexity index is 830. The highest BCUT2D eigenvalue weighted by Crippen LogP contribution is 2.16. The molecule has 0 spiro atoms. The van der Waals surface area contributed by atoms with E-state index in [0.29, 0.717) is 15.7 Å². The molecule has 0 bridgehead atoms. The SMILES string of the molecule is CS(=O)(=NC(=S)NC(=O)Oc1ccccc1)c1ccc(Cl)cc1. The number of carbonyl (C=O) groups excluding carboxylic acids is 1. The van der Waals surface area contributed by atoms with Gasteiger partial charge in [0.25, 0.3) is 0 Å². The van der Waals surface area contributed by atoms with Gasteiger partial charge in [0.05, 0.1) is 9.73 Å². The number of carbonyl (C=O) groups is 1. The van der Waals surface area contributed by atoms with Gasteiger partial charge in [0.15, 0.2) is 0 Å². The van der Waals surface area contributed by atoms with Crippen LogP contribution in [0.2, 0.25) is 5.02 Å². The number of hydrogen-bond donors (Lipinski definition) is 1. The Morgan fingerprint density at radius 3 is 2.39 bits per heavy atom. The second-order valence-electron chi connectivity index (χ2n) is 4.48. The topological polar surface area (TPSA) is 67.8 Å². The highest BCUT2D eigenvalue weighted by Gasteiger charge is 2.11. The van der Waals surface area contributed by atoms with Crippen LogP contribution in [0.5, 0.6) is 5.75 Å². The van der Waals surface area contributed by atoms with Crippen LogP contribution in [0.25, 0.3) is 0 Å². The molecule has 2 aromatic rings. The molecule has 2 rings (SSSR count). The van der Waals surface area contributed by atoms with Crippen LogP contribution in [0.1, 0.15) is 0 Å². The smallest absolute Gasteiger partial charge is 0.410 e. The number of nitrogens with one attached hydrogen (secondary N) is 1. The van der Waals surface area contributed by atoms with E-state index in [1.54, 1.807) is 54.6 Å². The van der Waals surface area contributed by atoms with E-state index in [9.17, 15) is 9.00 Å². The van der Waals surface area contributed by atoms with E-state index in [-0.39, 0.29) is 5.11 Å². The molecule has 0 saturated heterocycles. The largest absolute Gasteiger partial charge is 0.418 e. The summed E-state index contributed by atoms with van der Waals surface area (Å²) in [4.78, 5) is 12.2. The third-order valence-corrected chi connectivity index (χ3v) is 4.91. The summed E-state index contributed by atoms with van der Waals surface area (Å²) >= 11 is 10.7. The molecule has 8 heteroatoms. The Hall–Kier alpha value is -1.96. The maximum atomic E-state index is 12.6. The van der Waals surface area contributed by atoms with Crippen molar-refractivity contribution in [3.63, 3.8) is 0 Å². The van der Waals surface area contributed by atoms with Crippen molar-refractivity contribution in [3.05, 3.63) is 59.6 Å². The summed E-state index contributed by atoms with van der Waals surface area (Å²) < 4.78 is 21.5. The minimum Gasteiger partial charge on any atom is -0.410 e. The maximum Gasteiger partial charge on any atom is 0.418 e. The summed E-state index contributed by atoms with van der Waals surface area (Å²) in [6.45, 7) is 0. The predicted octanol–water partition coefficient (Wildman–Crippen LogP) is 3.87. The average molecular weight is 369 g/mol. The molecular weight excluding hydrogens is 356 g/mol. The first kappa shape index (κ1) is 17.4. The van der Waals surface area contributed by atoms with Gasteiger partial charge in [-0.3, -0.25) is 5.32 Å². The van der Waals surface area contributed by atoms with E-state index in [1.165, 1.54) is 6.26 Å². The van der Waals surface area contributed by atoms with Gasteiger partial charge in [-0.15, -0.1) is 0 Å². The Morgan fingerprint density at radius 1 is 1.17 bits per heavy atom. The lowest BCUT2D eigenvalue weighted by Gasteiger charge is -2.07. The molecule has 5 nitrogen and oxygen atoms in total.